The quantitative estimate of drug-likeness (QED) is 0.860. The third kappa shape index (κ3) is 1.37. The Kier molecular flexibility index (Phi) is 2.18. The summed E-state index contributed by atoms with van der Waals surface area (Å²) in [5.41, 5.74) is 0.897. The summed E-state index contributed by atoms with van der Waals surface area (Å²) in [5, 5.41) is 9.55. The second-order valence-electron chi connectivity index (χ2n) is 4.67. The van der Waals surface area contributed by atoms with E-state index in [1.54, 1.807) is 6.20 Å². The van der Waals surface area contributed by atoms with Crippen LogP contribution in [0.2, 0.25) is 0 Å². The van der Waals surface area contributed by atoms with Crippen molar-refractivity contribution in [1.82, 2.24) is 9.38 Å². The zero-order chi connectivity index (χ0) is 11.9. The maximum atomic E-state index is 11.6. The lowest BCUT2D eigenvalue weighted by Gasteiger charge is -2.23. The molecule has 1 aliphatic carbocycles. The Labute approximate surface area is 98.9 Å². The van der Waals surface area contributed by atoms with Gasteiger partial charge in [0.1, 0.15) is 11.1 Å². The van der Waals surface area contributed by atoms with Crippen molar-refractivity contribution in [1.29, 1.82) is 0 Å². The molecular formula is C13H14N2O2. The molecule has 4 heteroatoms. The summed E-state index contributed by atoms with van der Waals surface area (Å²) >= 11 is 0. The Morgan fingerprint density at radius 1 is 1.35 bits per heavy atom. The molecule has 0 radical (unpaired) electrons. The number of carboxylic acids is 1. The zero-order valence-electron chi connectivity index (χ0n) is 9.47. The maximum Gasteiger partial charge on any atom is 0.315 e. The largest absolute Gasteiger partial charge is 0.481 e. The third-order valence-corrected chi connectivity index (χ3v) is 3.77. The fourth-order valence-corrected chi connectivity index (χ4v) is 2.84. The van der Waals surface area contributed by atoms with Crippen molar-refractivity contribution in [3.8, 4) is 0 Å². The molecule has 3 rings (SSSR count). The van der Waals surface area contributed by atoms with Crippen molar-refractivity contribution >= 4 is 11.6 Å². The van der Waals surface area contributed by atoms with E-state index in [-0.39, 0.29) is 0 Å². The lowest BCUT2D eigenvalue weighted by molar-refractivity contribution is -0.143. The van der Waals surface area contributed by atoms with Crippen LogP contribution in [0.4, 0.5) is 0 Å². The SMILES string of the molecule is O=C(O)C1(c2cnc3ccccn23)CCCC1. The van der Waals surface area contributed by atoms with Crippen molar-refractivity contribution in [3.05, 3.63) is 36.3 Å². The standard InChI is InChI=1S/C13H14N2O2/c16-12(17)13(6-2-3-7-13)10-9-14-11-5-1-4-8-15(10)11/h1,4-5,8-9H,2-3,6-7H2,(H,16,17). The summed E-state index contributed by atoms with van der Waals surface area (Å²) in [6, 6.07) is 5.71. The van der Waals surface area contributed by atoms with E-state index in [2.05, 4.69) is 4.98 Å². The first-order chi connectivity index (χ1) is 8.24. The molecule has 88 valence electrons. The van der Waals surface area contributed by atoms with E-state index in [1.165, 1.54) is 0 Å². The maximum absolute atomic E-state index is 11.6. The van der Waals surface area contributed by atoms with Crippen molar-refractivity contribution in [2.45, 2.75) is 31.1 Å². The van der Waals surface area contributed by atoms with Gasteiger partial charge in [-0.25, -0.2) is 4.98 Å². The van der Waals surface area contributed by atoms with Gasteiger partial charge in [-0.15, -0.1) is 0 Å². The van der Waals surface area contributed by atoms with Gasteiger partial charge in [0, 0.05) is 6.20 Å². The molecule has 0 aliphatic heterocycles. The smallest absolute Gasteiger partial charge is 0.315 e. The van der Waals surface area contributed by atoms with E-state index in [1.807, 2.05) is 28.8 Å². The monoisotopic (exact) mass is 230 g/mol. The Morgan fingerprint density at radius 2 is 2.12 bits per heavy atom. The Balaban J connectivity index is 2.22. The zero-order valence-corrected chi connectivity index (χ0v) is 9.47. The molecule has 2 aromatic rings. The number of aromatic nitrogens is 2. The van der Waals surface area contributed by atoms with Crippen LogP contribution in [0.3, 0.4) is 0 Å². The number of nitrogens with zero attached hydrogens (tertiary/aromatic N) is 2. The van der Waals surface area contributed by atoms with Gasteiger partial charge in [-0.1, -0.05) is 18.9 Å². The highest BCUT2D eigenvalue weighted by Crippen LogP contribution is 2.41. The van der Waals surface area contributed by atoms with Crippen molar-refractivity contribution in [2.75, 3.05) is 0 Å². The topological polar surface area (TPSA) is 54.6 Å². The highest BCUT2D eigenvalue weighted by Gasteiger charge is 2.45. The molecule has 17 heavy (non-hydrogen) atoms. The van der Waals surface area contributed by atoms with Gasteiger partial charge < -0.3 is 9.51 Å². The average Bonchev–Trinajstić information content (AvgIpc) is 2.95. The molecule has 2 heterocycles. The minimum absolute atomic E-state index is 0.713. The summed E-state index contributed by atoms with van der Waals surface area (Å²) in [7, 11) is 0. The molecule has 0 spiro atoms. The molecular weight excluding hydrogens is 216 g/mol. The fourth-order valence-electron chi connectivity index (χ4n) is 2.84. The van der Waals surface area contributed by atoms with Gasteiger partial charge >= 0.3 is 5.97 Å². The van der Waals surface area contributed by atoms with Gasteiger partial charge in [0.25, 0.3) is 0 Å². The van der Waals surface area contributed by atoms with Crippen LogP contribution in [-0.2, 0) is 10.2 Å². The van der Waals surface area contributed by atoms with Crippen molar-refractivity contribution in [3.63, 3.8) is 0 Å². The van der Waals surface area contributed by atoms with Crippen molar-refractivity contribution in [2.24, 2.45) is 0 Å². The van der Waals surface area contributed by atoms with Crippen LogP contribution in [0.15, 0.2) is 30.6 Å². The molecule has 0 bridgehead atoms. The molecule has 1 aliphatic rings. The van der Waals surface area contributed by atoms with Crippen LogP contribution in [0.25, 0.3) is 5.65 Å². The number of hydrogen-bond donors (Lipinski definition) is 1. The van der Waals surface area contributed by atoms with E-state index in [4.69, 9.17) is 0 Å². The van der Waals surface area contributed by atoms with E-state index in [0.717, 1.165) is 24.2 Å². The number of hydrogen-bond acceptors (Lipinski definition) is 2. The third-order valence-electron chi connectivity index (χ3n) is 3.77. The van der Waals surface area contributed by atoms with Gasteiger partial charge in [-0.2, -0.15) is 0 Å². The van der Waals surface area contributed by atoms with E-state index in [9.17, 15) is 9.90 Å². The molecule has 0 atom stereocenters. The first kappa shape index (κ1) is 10.3. The molecule has 1 saturated carbocycles. The number of fused-ring (bicyclic) bond motifs is 1. The minimum Gasteiger partial charge on any atom is -0.481 e. The lowest BCUT2D eigenvalue weighted by atomic mass is 9.83. The average molecular weight is 230 g/mol. The molecule has 0 aromatic carbocycles. The summed E-state index contributed by atoms with van der Waals surface area (Å²) < 4.78 is 1.90. The van der Waals surface area contributed by atoms with Crippen LogP contribution >= 0.6 is 0 Å². The van der Waals surface area contributed by atoms with Gasteiger partial charge in [0.2, 0.25) is 0 Å². The van der Waals surface area contributed by atoms with Crippen LogP contribution in [0.5, 0.6) is 0 Å². The number of imidazole rings is 1. The molecule has 0 unspecified atom stereocenters. The Hall–Kier alpha value is -1.84. The van der Waals surface area contributed by atoms with Crippen LogP contribution in [-0.4, -0.2) is 20.5 Å². The van der Waals surface area contributed by atoms with Crippen LogP contribution in [0, 0.1) is 0 Å². The first-order valence-corrected chi connectivity index (χ1v) is 5.90. The first-order valence-electron chi connectivity index (χ1n) is 5.90. The summed E-state index contributed by atoms with van der Waals surface area (Å²) in [4.78, 5) is 15.9. The predicted octanol–water partition coefficient (Wildman–Crippen LogP) is 2.23. The molecule has 1 N–H and O–H groups in total. The van der Waals surface area contributed by atoms with Crippen LogP contribution < -0.4 is 0 Å². The van der Waals surface area contributed by atoms with Gasteiger partial charge in [-0.3, -0.25) is 4.79 Å². The van der Waals surface area contributed by atoms with E-state index >= 15 is 0 Å². The Morgan fingerprint density at radius 3 is 2.82 bits per heavy atom. The molecule has 1 fully saturated rings. The number of pyridine rings is 1. The summed E-state index contributed by atoms with van der Waals surface area (Å²) in [5.74, 6) is -0.722. The number of carboxylic acid groups (broad SMARTS) is 1. The van der Waals surface area contributed by atoms with Gasteiger partial charge in [0.15, 0.2) is 0 Å². The van der Waals surface area contributed by atoms with E-state index < -0.39 is 11.4 Å². The minimum atomic E-state index is -0.735. The highest BCUT2D eigenvalue weighted by atomic mass is 16.4. The van der Waals surface area contributed by atoms with Gasteiger partial charge in [-0.05, 0) is 25.0 Å². The Bertz CT molecular complexity index is 568. The molecule has 0 amide bonds. The highest BCUT2D eigenvalue weighted by molar-refractivity contribution is 5.81. The van der Waals surface area contributed by atoms with E-state index in [0.29, 0.717) is 12.8 Å². The normalized spacial score (nSPS) is 18.6. The number of aliphatic carboxylic acids is 1. The lowest BCUT2D eigenvalue weighted by Crippen LogP contribution is -2.33. The second kappa shape index (κ2) is 3.58. The molecule has 0 saturated heterocycles. The van der Waals surface area contributed by atoms with Crippen LogP contribution in [0.1, 0.15) is 31.4 Å². The number of carbonyl (C=O) groups is 1. The van der Waals surface area contributed by atoms with Crippen molar-refractivity contribution < 1.29 is 9.90 Å². The fraction of sp³-hybridized carbons (Fsp3) is 0.385. The molecule has 2 aromatic heterocycles. The molecule has 4 nitrogen and oxygen atoms in total. The predicted molar refractivity (Wildman–Crippen MR) is 63.0 cm³/mol. The summed E-state index contributed by atoms with van der Waals surface area (Å²) in [6.45, 7) is 0. The second-order valence-corrected chi connectivity index (χ2v) is 4.67. The van der Waals surface area contributed by atoms with Gasteiger partial charge in [0.05, 0.1) is 11.9 Å². The summed E-state index contributed by atoms with van der Waals surface area (Å²) in [6.07, 6.45) is 6.99. The number of rotatable bonds is 2.